The van der Waals surface area contributed by atoms with E-state index in [-0.39, 0.29) is 26.7 Å². The molecule has 7 heteroatoms. The lowest BCUT2D eigenvalue weighted by Crippen LogP contribution is -2.22. The molecular formula is C14H5Br2NO4. The molecule has 0 aromatic heterocycles. The topological polar surface area (TPSA) is 77.3 Å². The van der Waals surface area contributed by atoms with Gasteiger partial charge in [-0.2, -0.15) is 0 Å². The summed E-state index contributed by atoms with van der Waals surface area (Å²) in [6, 6.07) is 7.74. The van der Waals surface area contributed by atoms with Crippen molar-refractivity contribution >= 4 is 49.1 Å². The third-order valence-electron chi connectivity index (χ3n) is 3.27. The van der Waals surface area contributed by atoms with E-state index in [4.69, 9.17) is 0 Å². The van der Waals surface area contributed by atoms with Crippen LogP contribution in [-0.2, 0) is 0 Å². The van der Waals surface area contributed by atoms with Crippen molar-refractivity contribution in [2.75, 3.05) is 0 Å². The third kappa shape index (κ3) is 1.96. The van der Waals surface area contributed by atoms with E-state index >= 15 is 0 Å². The van der Waals surface area contributed by atoms with Crippen LogP contribution < -0.4 is 0 Å². The van der Waals surface area contributed by atoms with Crippen LogP contribution in [0.15, 0.2) is 39.3 Å². The fourth-order valence-corrected chi connectivity index (χ4v) is 3.23. The molecule has 5 nitrogen and oxygen atoms in total. The normalized spacial score (nSPS) is 12.9. The first-order valence-corrected chi connectivity index (χ1v) is 7.37. The second-order valence-corrected chi connectivity index (χ2v) is 6.05. The van der Waals surface area contributed by atoms with Gasteiger partial charge in [0.15, 0.2) is 5.78 Å². The van der Waals surface area contributed by atoms with E-state index in [2.05, 4.69) is 31.9 Å². The van der Waals surface area contributed by atoms with E-state index in [9.17, 15) is 19.7 Å². The molecule has 2 aromatic carbocycles. The molecule has 0 saturated carbocycles. The molecule has 0 radical (unpaired) electrons. The van der Waals surface area contributed by atoms with Gasteiger partial charge in [0.05, 0.1) is 4.92 Å². The summed E-state index contributed by atoms with van der Waals surface area (Å²) in [6.07, 6.45) is 0. The zero-order valence-electron chi connectivity index (χ0n) is 10.2. The Morgan fingerprint density at radius 2 is 1.52 bits per heavy atom. The number of carbonyl (C=O) groups is 2. The first kappa shape index (κ1) is 14.1. The minimum atomic E-state index is -0.660. The first-order chi connectivity index (χ1) is 9.93. The Labute approximate surface area is 135 Å². The van der Waals surface area contributed by atoms with Crippen LogP contribution in [0.3, 0.4) is 0 Å². The van der Waals surface area contributed by atoms with Crippen LogP contribution in [0.1, 0.15) is 31.8 Å². The van der Waals surface area contributed by atoms with Crippen molar-refractivity contribution in [1.29, 1.82) is 0 Å². The van der Waals surface area contributed by atoms with Gasteiger partial charge < -0.3 is 0 Å². The summed E-state index contributed by atoms with van der Waals surface area (Å²) >= 11 is 6.26. The standard InChI is InChI=1S/C14H5Br2NO4/c15-9-5-8-10(12(11(9)16)17(20)21)14(19)7-4-2-1-3-6(7)13(8)18/h1-5H. The van der Waals surface area contributed by atoms with E-state index in [1.165, 1.54) is 12.1 Å². The molecule has 0 amide bonds. The summed E-state index contributed by atoms with van der Waals surface area (Å²) in [7, 11) is 0. The van der Waals surface area contributed by atoms with Gasteiger partial charge in [-0.1, -0.05) is 24.3 Å². The highest BCUT2D eigenvalue weighted by Gasteiger charge is 2.37. The lowest BCUT2D eigenvalue weighted by Gasteiger charge is -2.18. The minimum absolute atomic E-state index is 0.0421. The number of hydrogen-bond acceptors (Lipinski definition) is 4. The van der Waals surface area contributed by atoms with Gasteiger partial charge in [0.25, 0.3) is 5.69 Å². The van der Waals surface area contributed by atoms with Gasteiger partial charge in [0, 0.05) is 21.2 Å². The smallest absolute Gasteiger partial charge is 0.289 e. The van der Waals surface area contributed by atoms with Crippen LogP contribution in [0.4, 0.5) is 5.69 Å². The second kappa shape index (κ2) is 4.85. The maximum atomic E-state index is 12.5. The van der Waals surface area contributed by atoms with Gasteiger partial charge in [0.1, 0.15) is 10.0 Å². The van der Waals surface area contributed by atoms with Gasteiger partial charge >= 0.3 is 0 Å². The fraction of sp³-hybridized carbons (Fsp3) is 0. The largest absolute Gasteiger partial charge is 0.296 e. The van der Waals surface area contributed by atoms with E-state index in [0.29, 0.717) is 4.47 Å². The Morgan fingerprint density at radius 3 is 2.10 bits per heavy atom. The van der Waals surface area contributed by atoms with Gasteiger partial charge in [-0.15, -0.1) is 0 Å². The van der Waals surface area contributed by atoms with Crippen molar-refractivity contribution in [2.45, 2.75) is 0 Å². The molecule has 1 aliphatic carbocycles. The minimum Gasteiger partial charge on any atom is -0.289 e. The van der Waals surface area contributed by atoms with Crippen LogP contribution in [0.2, 0.25) is 0 Å². The highest BCUT2D eigenvalue weighted by Crippen LogP contribution is 2.41. The molecule has 2 aromatic rings. The summed E-state index contributed by atoms with van der Waals surface area (Å²) in [4.78, 5) is 35.7. The molecule has 0 unspecified atom stereocenters. The van der Waals surface area contributed by atoms with Crippen LogP contribution in [0.25, 0.3) is 0 Å². The zero-order chi connectivity index (χ0) is 15.3. The van der Waals surface area contributed by atoms with Crippen molar-refractivity contribution in [3.05, 3.63) is 71.6 Å². The molecule has 0 saturated heterocycles. The molecular weight excluding hydrogens is 406 g/mol. The van der Waals surface area contributed by atoms with Gasteiger partial charge in [0.2, 0.25) is 5.78 Å². The summed E-state index contributed by atoms with van der Waals surface area (Å²) in [5, 5.41) is 11.3. The number of nitro benzene ring substituents is 1. The number of hydrogen-bond donors (Lipinski definition) is 0. The number of rotatable bonds is 1. The summed E-state index contributed by atoms with van der Waals surface area (Å²) in [5.74, 6) is -0.906. The van der Waals surface area contributed by atoms with E-state index in [1.54, 1.807) is 18.2 Å². The quantitative estimate of drug-likeness (QED) is 0.450. The molecule has 21 heavy (non-hydrogen) atoms. The molecule has 1 aliphatic rings. The van der Waals surface area contributed by atoms with Crippen LogP contribution in [0.5, 0.6) is 0 Å². The molecule has 0 fully saturated rings. The highest BCUT2D eigenvalue weighted by molar-refractivity contribution is 9.13. The SMILES string of the molecule is O=C1c2ccccc2C(=O)c2c1cc(Br)c(Br)c2[N+](=O)[O-]. The predicted molar refractivity (Wildman–Crippen MR) is 81.8 cm³/mol. The van der Waals surface area contributed by atoms with Crippen molar-refractivity contribution in [3.8, 4) is 0 Å². The van der Waals surface area contributed by atoms with Crippen LogP contribution in [-0.4, -0.2) is 16.5 Å². The molecule has 0 N–H and O–H groups in total. The monoisotopic (exact) mass is 409 g/mol. The second-order valence-electron chi connectivity index (χ2n) is 4.40. The van der Waals surface area contributed by atoms with E-state index < -0.39 is 22.2 Å². The van der Waals surface area contributed by atoms with Crippen molar-refractivity contribution in [1.82, 2.24) is 0 Å². The van der Waals surface area contributed by atoms with E-state index in [1.807, 2.05) is 0 Å². The number of fused-ring (bicyclic) bond motifs is 2. The third-order valence-corrected chi connectivity index (χ3v) is 5.23. The maximum absolute atomic E-state index is 12.5. The number of nitro groups is 1. The molecule has 0 heterocycles. The average molecular weight is 411 g/mol. The Kier molecular flexibility index (Phi) is 3.26. The molecule has 0 spiro atoms. The number of ketones is 2. The molecule has 3 rings (SSSR count). The summed E-state index contributed by atoms with van der Waals surface area (Å²) in [6.45, 7) is 0. The number of benzene rings is 2. The van der Waals surface area contributed by atoms with Crippen molar-refractivity contribution in [3.63, 3.8) is 0 Å². The predicted octanol–water partition coefficient (Wildman–Crippen LogP) is 3.90. The number of carbonyl (C=O) groups excluding carboxylic acids is 2. The zero-order valence-corrected chi connectivity index (χ0v) is 13.4. The van der Waals surface area contributed by atoms with Gasteiger partial charge in [-0.05, 0) is 37.9 Å². The van der Waals surface area contributed by atoms with Gasteiger partial charge in [-0.25, -0.2) is 0 Å². The van der Waals surface area contributed by atoms with Crippen LogP contribution >= 0.6 is 31.9 Å². The van der Waals surface area contributed by atoms with Crippen molar-refractivity contribution < 1.29 is 14.5 Å². The summed E-state index contributed by atoms with van der Waals surface area (Å²) < 4.78 is 0.500. The average Bonchev–Trinajstić information content (AvgIpc) is 2.46. The Morgan fingerprint density at radius 1 is 0.952 bits per heavy atom. The molecule has 0 bridgehead atoms. The molecule has 0 atom stereocenters. The molecule has 104 valence electrons. The van der Waals surface area contributed by atoms with Crippen molar-refractivity contribution in [2.24, 2.45) is 0 Å². The lowest BCUT2D eigenvalue weighted by atomic mass is 9.83. The molecule has 0 aliphatic heterocycles. The van der Waals surface area contributed by atoms with Gasteiger partial charge in [-0.3, -0.25) is 19.7 Å². The highest BCUT2D eigenvalue weighted by atomic mass is 79.9. The van der Waals surface area contributed by atoms with E-state index in [0.717, 1.165) is 0 Å². The number of nitrogens with zero attached hydrogens (tertiary/aromatic N) is 1. The first-order valence-electron chi connectivity index (χ1n) is 5.78. The lowest BCUT2D eigenvalue weighted by molar-refractivity contribution is -0.386. The summed E-state index contributed by atoms with van der Waals surface area (Å²) in [5.41, 5.74) is -0.0719. The fourth-order valence-electron chi connectivity index (χ4n) is 2.35. The Bertz CT molecular complexity index is 845. The Balaban J connectivity index is 2.43. The number of halogens is 2. The van der Waals surface area contributed by atoms with Crippen LogP contribution in [0, 0.1) is 10.1 Å². The Hall–Kier alpha value is -1.86. The maximum Gasteiger partial charge on any atom is 0.296 e.